The Hall–Kier alpha value is -3.62. The predicted octanol–water partition coefficient (Wildman–Crippen LogP) is 7.84. The minimum Gasteiger partial charge on any atom is -0.481 e. The van der Waals surface area contributed by atoms with E-state index in [-0.39, 0.29) is 29.6 Å². The van der Waals surface area contributed by atoms with Crippen LogP contribution in [-0.4, -0.2) is 36.4 Å². The van der Waals surface area contributed by atoms with Crippen LogP contribution in [0, 0.1) is 11.8 Å². The van der Waals surface area contributed by atoms with E-state index in [1.54, 1.807) is 11.3 Å². The van der Waals surface area contributed by atoms with Gasteiger partial charge >= 0.3 is 5.97 Å². The molecule has 0 saturated heterocycles. The molecule has 5 nitrogen and oxygen atoms in total. The monoisotopic (exact) mass is 652 g/mol. The number of carboxylic acid groups (broad SMARTS) is 1. The molecule has 46 heavy (non-hydrogen) atoms. The number of benzene rings is 3. The fourth-order valence-electron chi connectivity index (χ4n) is 6.70. The largest absolute Gasteiger partial charge is 0.481 e. The molecular formula is C39H44O5SSi. The highest BCUT2D eigenvalue weighted by Crippen LogP contribution is 2.43. The van der Waals surface area contributed by atoms with Gasteiger partial charge in [0.1, 0.15) is 5.78 Å². The van der Waals surface area contributed by atoms with Gasteiger partial charge in [0.05, 0.1) is 12.2 Å². The molecule has 0 amide bonds. The van der Waals surface area contributed by atoms with E-state index in [2.05, 4.69) is 99.6 Å². The van der Waals surface area contributed by atoms with Crippen molar-refractivity contribution in [2.24, 2.45) is 11.8 Å². The lowest BCUT2D eigenvalue weighted by atomic mass is 9.90. The molecule has 240 valence electrons. The quantitative estimate of drug-likeness (QED) is 0.0874. The average molecular weight is 653 g/mol. The number of aliphatic carboxylic acids is 1. The van der Waals surface area contributed by atoms with E-state index < -0.39 is 32.4 Å². The highest BCUT2D eigenvalue weighted by Gasteiger charge is 2.51. The smallest absolute Gasteiger partial charge is 0.303 e. The van der Waals surface area contributed by atoms with E-state index in [4.69, 9.17) is 9.53 Å². The molecule has 4 aromatic rings. The Morgan fingerprint density at radius 2 is 1.61 bits per heavy atom. The van der Waals surface area contributed by atoms with E-state index in [9.17, 15) is 14.7 Å². The highest BCUT2D eigenvalue weighted by molar-refractivity contribution is 7.19. The van der Waals surface area contributed by atoms with Crippen LogP contribution in [0.1, 0.15) is 63.9 Å². The van der Waals surface area contributed by atoms with Gasteiger partial charge < -0.3 is 14.6 Å². The van der Waals surface area contributed by atoms with Crippen LogP contribution in [0.2, 0.25) is 5.04 Å². The van der Waals surface area contributed by atoms with Crippen LogP contribution in [0.3, 0.4) is 0 Å². The van der Waals surface area contributed by atoms with Crippen LogP contribution in [-0.2, 0) is 14.0 Å². The molecule has 0 bridgehead atoms. The Kier molecular flexibility index (Phi) is 10.9. The highest BCUT2D eigenvalue weighted by atomic mass is 32.1. The third-order valence-corrected chi connectivity index (χ3v) is 15.2. The molecule has 1 aliphatic rings. The lowest BCUT2D eigenvalue weighted by Crippen LogP contribution is -2.66. The van der Waals surface area contributed by atoms with Crippen molar-refractivity contribution in [2.45, 2.75) is 70.1 Å². The van der Waals surface area contributed by atoms with Crippen molar-refractivity contribution in [3.63, 3.8) is 0 Å². The number of carbonyl (C=O) groups excluding carboxylic acids is 1. The third kappa shape index (κ3) is 7.50. The SMILES string of the molecule is CC(C)(C)[Si](O[C@H](/C=C/[C@H]1C(=O)C[C@H](O)[C@@H]1C/C=C\CCCC(=O)O)c1cc2ccccc2s1)(c1ccccc1)c1ccccc1. The zero-order chi connectivity index (χ0) is 32.7. The van der Waals surface area contributed by atoms with Gasteiger partial charge in [-0.2, -0.15) is 0 Å². The van der Waals surface area contributed by atoms with Gasteiger partial charge in [-0.05, 0) is 52.2 Å². The van der Waals surface area contributed by atoms with Crippen molar-refractivity contribution in [1.82, 2.24) is 0 Å². The molecule has 3 aromatic carbocycles. The molecule has 1 aliphatic carbocycles. The number of allylic oxidation sites excluding steroid dienone is 3. The Morgan fingerprint density at radius 3 is 2.22 bits per heavy atom. The first kappa shape index (κ1) is 33.7. The van der Waals surface area contributed by atoms with Crippen molar-refractivity contribution in [3.8, 4) is 0 Å². The van der Waals surface area contributed by atoms with Gasteiger partial charge in [0.25, 0.3) is 8.32 Å². The van der Waals surface area contributed by atoms with Crippen LogP contribution >= 0.6 is 11.3 Å². The van der Waals surface area contributed by atoms with Crippen molar-refractivity contribution in [3.05, 3.63) is 120 Å². The standard InChI is InChI=1S/C39H44O5SSi/c1-39(2,3)46(29-17-8-6-9-18-29,30-19-10-7-11-20-30)44-35(37-26-28-16-14-15-22-36(28)45-37)25-24-32-31(33(40)27-34(32)41)21-12-4-5-13-23-38(42)43/h4,6-12,14-20,22,24-26,31-33,35,40H,5,13,21,23,27H2,1-3H3,(H,42,43)/b12-4-,25-24+/t31-,32-,33+,35-/m1/s1. The van der Waals surface area contributed by atoms with Crippen LogP contribution in [0.15, 0.2) is 115 Å². The summed E-state index contributed by atoms with van der Waals surface area (Å²) < 4.78 is 8.80. The predicted molar refractivity (Wildman–Crippen MR) is 190 cm³/mol. The van der Waals surface area contributed by atoms with Crippen molar-refractivity contribution in [2.75, 3.05) is 0 Å². The van der Waals surface area contributed by atoms with Crippen LogP contribution in [0.5, 0.6) is 0 Å². The fourth-order valence-corrected chi connectivity index (χ4v) is 12.5. The molecule has 0 spiro atoms. The molecule has 0 aliphatic heterocycles. The van der Waals surface area contributed by atoms with Gasteiger partial charge in [-0.1, -0.05) is 124 Å². The first-order chi connectivity index (χ1) is 22.1. The molecule has 1 heterocycles. The van der Waals surface area contributed by atoms with Gasteiger partial charge in [-0.25, -0.2) is 0 Å². The number of aliphatic hydroxyl groups excluding tert-OH is 1. The van der Waals surface area contributed by atoms with Crippen LogP contribution in [0.25, 0.3) is 10.1 Å². The van der Waals surface area contributed by atoms with E-state index in [0.29, 0.717) is 19.3 Å². The Morgan fingerprint density at radius 1 is 0.978 bits per heavy atom. The lowest BCUT2D eigenvalue weighted by Gasteiger charge is -2.44. The summed E-state index contributed by atoms with van der Waals surface area (Å²) in [6.07, 6.45) is 8.90. The Bertz CT molecular complexity index is 1600. The molecule has 4 atom stereocenters. The maximum atomic E-state index is 13.3. The molecule has 0 unspecified atom stereocenters. The third-order valence-electron chi connectivity index (χ3n) is 9.01. The number of Topliss-reactive ketones (excluding diaryl/α,β-unsaturated/α-hetero) is 1. The molecular weight excluding hydrogens is 609 g/mol. The maximum absolute atomic E-state index is 13.3. The number of aliphatic hydroxyl groups is 1. The summed E-state index contributed by atoms with van der Waals surface area (Å²) >= 11 is 1.71. The molecule has 2 N–H and O–H groups in total. The number of hydrogen-bond donors (Lipinski definition) is 2. The molecule has 7 heteroatoms. The number of carbonyl (C=O) groups is 2. The number of hydrogen-bond acceptors (Lipinski definition) is 5. The van der Waals surface area contributed by atoms with Crippen molar-refractivity contribution < 1.29 is 24.2 Å². The number of fused-ring (bicyclic) bond motifs is 1. The van der Waals surface area contributed by atoms with Crippen molar-refractivity contribution in [1.29, 1.82) is 0 Å². The summed E-state index contributed by atoms with van der Waals surface area (Å²) in [5.74, 6) is -1.44. The van der Waals surface area contributed by atoms with E-state index in [0.717, 1.165) is 10.3 Å². The zero-order valence-corrected chi connectivity index (χ0v) is 28.7. The van der Waals surface area contributed by atoms with Gasteiger partial charge in [-0.3, -0.25) is 9.59 Å². The normalized spacial score (nSPS) is 19.8. The zero-order valence-electron chi connectivity index (χ0n) is 26.8. The number of carboxylic acids is 1. The van der Waals surface area contributed by atoms with Gasteiger partial charge in [0, 0.05) is 34.3 Å². The number of unbranched alkanes of at least 4 members (excludes halogenated alkanes) is 1. The summed E-state index contributed by atoms with van der Waals surface area (Å²) in [7, 11) is -2.94. The average Bonchev–Trinajstić information content (AvgIpc) is 3.58. The Balaban J connectivity index is 1.54. The molecule has 1 aromatic heterocycles. The second kappa shape index (κ2) is 14.9. The minimum atomic E-state index is -2.94. The lowest BCUT2D eigenvalue weighted by molar-refractivity contribution is -0.137. The first-order valence-electron chi connectivity index (χ1n) is 16.1. The van der Waals surface area contributed by atoms with E-state index >= 15 is 0 Å². The summed E-state index contributed by atoms with van der Waals surface area (Å²) in [6, 6.07) is 31.7. The second-order valence-corrected chi connectivity index (χ2v) is 18.6. The number of ketones is 1. The van der Waals surface area contributed by atoms with E-state index in [1.165, 1.54) is 15.1 Å². The maximum Gasteiger partial charge on any atom is 0.303 e. The topological polar surface area (TPSA) is 83.8 Å². The number of rotatable bonds is 13. The summed E-state index contributed by atoms with van der Waals surface area (Å²) in [4.78, 5) is 25.2. The van der Waals surface area contributed by atoms with Gasteiger partial charge in [0.15, 0.2) is 0 Å². The second-order valence-electron chi connectivity index (χ2n) is 13.2. The van der Waals surface area contributed by atoms with E-state index in [1.807, 2.05) is 36.4 Å². The fraction of sp³-hybridized carbons (Fsp3) is 0.333. The van der Waals surface area contributed by atoms with Crippen molar-refractivity contribution >= 4 is 51.9 Å². The summed E-state index contributed by atoms with van der Waals surface area (Å²) in [5.41, 5.74) is 0. The Labute approximate surface area is 277 Å². The van der Waals surface area contributed by atoms with Crippen LogP contribution in [0.4, 0.5) is 0 Å². The molecule has 1 saturated carbocycles. The molecule has 0 radical (unpaired) electrons. The molecule has 1 fully saturated rings. The minimum absolute atomic E-state index is 0.0357. The summed E-state index contributed by atoms with van der Waals surface area (Å²) in [6.45, 7) is 6.79. The number of thiophene rings is 1. The molecule has 5 rings (SSSR count). The van der Waals surface area contributed by atoms with Gasteiger partial charge in [0.2, 0.25) is 0 Å². The van der Waals surface area contributed by atoms with Crippen LogP contribution < -0.4 is 10.4 Å². The van der Waals surface area contributed by atoms with Gasteiger partial charge in [-0.15, -0.1) is 11.3 Å². The first-order valence-corrected chi connectivity index (χ1v) is 18.9. The summed E-state index contributed by atoms with van der Waals surface area (Å²) in [5, 5.41) is 23.1.